The molecule has 0 N–H and O–H groups in total. The van der Waals surface area contributed by atoms with Crippen LogP contribution in [0.5, 0.6) is 5.75 Å². The molecule has 3 nitrogen and oxygen atoms in total. The summed E-state index contributed by atoms with van der Waals surface area (Å²) >= 11 is 3.06. The average molecular weight is 295 g/mol. The van der Waals surface area contributed by atoms with E-state index in [1.54, 1.807) is 0 Å². The van der Waals surface area contributed by atoms with E-state index < -0.39 is 17.5 Å². The van der Waals surface area contributed by atoms with Gasteiger partial charge in [-0.15, -0.1) is 0 Å². The summed E-state index contributed by atoms with van der Waals surface area (Å²) in [6.45, 7) is 0. The lowest BCUT2D eigenvalue weighted by Gasteiger charge is -2.14. The minimum atomic E-state index is -3.66. The Balaban J connectivity index is 3.14. The predicted molar refractivity (Wildman–Crippen MR) is 56.6 cm³/mol. The van der Waals surface area contributed by atoms with Crippen LogP contribution in [-0.2, 0) is 15.5 Å². The van der Waals surface area contributed by atoms with Gasteiger partial charge in [0.15, 0.2) is 0 Å². The Morgan fingerprint density at radius 2 is 2.00 bits per heavy atom. The van der Waals surface area contributed by atoms with Crippen molar-refractivity contribution in [3.63, 3.8) is 0 Å². The first kappa shape index (κ1) is 12.9. The number of carbonyl (C=O) groups excluding carboxylic acids is 1. The highest BCUT2D eigenvalue weighted by Crippen LogP contribution is 2.34. The molecule has 0 bridgehead atoms. The van der Waals surface area contributed by atoms with Crippen LogP contribution in [0.4, 0.5) is 8.78 Å². The van der Waals surface area contributed by atoms with Crippen LogP contribution in [0.1, 0.15) is 5.56 Å². The van der Waals surface area contributed by atoms with Gasteiger partial charge in [-0.1, -0.05) is 0 Å². The molecule has 0 aliphatic carbocycles. The zero-order valence-electron chi connectivity index (χ0n) is 8.59. The molecule has 16 heavy (non-hydrogen) atoms. The molecule has 0 aliphatic rings. The number of hydrogen-bond acceptors (Lipinski definition) is 3. The quantitative estimate of drug-likeness (QED) is 0.804. The van der Waals surface area contributed by atoms with Crippen molar-refractivity contribution in [2.75, 3.05) is 14.2 Å². The molecule has 0 unspecified atom stereocenters. The van der Waals surface area contributed by atoms with Crippen LogP contribution >= 0.6 is 15.9 Å². The predicted octanol–water partition coefficient (Wildman–Crippen LogP) is 2.72. The Labute approximate surface area is 99.5 Å². The normalized spacial score (nSPS) is 11.1. The topological polar surface area (TPSA) is 35.5 Å². The summed E-state index contributed by atoms with van der Waals surface area (Å²) in [5, 5.41) is 0. The first-order chi connectivity index (χ1) is 7.43. The van der Waals surface area contributed by atoms with Crippen molar-refractivity contribution in [3.05, 3.63) is 28.2 Å². The summed E-state index contributed by atoms with van der Waals surface area (Å²) in [6.07, 6.45) is 0. The van der Waals surface area contributed by atoms with Gasteiger partial charge in [0.2, 0.25) is 0 Å². The maximum atomic E-state index is 13.4. The molecule has 0 aromatic heterocycles. The van der Waals surface area contributed by atoms with Crippen LogP contribution in [0.15, 0.2) is 22.7 Å². The highest BCUT2D eigenvalue weighted by atomic mass is 79.9. The number of esters is 1. The second-order valence-corrected chi connectivity index (χ2v) is 3.77. The van der Waals surface area contributed by atoms with Crippen LogP contribution in [0, 0.1) is 0 Å². The number of rotatable bonds is 3. The Kier molecular flexibility index (Phi) is 3.85. The zero-order valence-corrected chi connectivity index (χ0v) is 10.2. The number of methoxy groups -OCH3 is 2. The number of alkyl halides is 2. The molecule has 0 amide bonds. The molecule has 0 saturated heterocycles. The summed E-state index contributed by atoms with van der Waals surface area (Å²) in [7, 11) is 2.33. The second kappa shape index (κ2) is 4.78. The van der Waals surface area contributed by atoms with Crippen molar-refractivity contribution < 1.29 is 23.0 Å². The molecular weight excluding hydrogens is 286 g/mol. The Morgan fingerprint density at radius 1 is 1.38 bits per heavy atom. The molecule has 0 spiro atoms. The minimum Gasteiger partial charge on any atom is -0.496 e. The van der Waals surface area contributed by atoms with E-state index in [0.29, 0.717) is 10.2 Å². The Hall–Kier alpha value is -1.17. The molecule has 1 aromatic rings. The van der Waals surface area contributed by atoms with Crippen LogP contribution in [0.25, 0.3) is 0 Å². The van der Waals surface area contributed by atoms with E-state index in [1.807, 2.05) is 0 Å². The molecule has 0 fully saturated rings. The monoisotopic (exact) mass is 294 g/mol. The summed E-state index contributed by atoms with van der Waals surface area (Å²) in [5.41, 5.74) is -0.452. The maximum absolute atomic E-state index is 13.4. The van der Waals surface area contributed by atoms with Gasteiger partial charge in [-0.3, -0.25) is 0 Å². The fourth-order valence-electron chi connectivity index (χ4n) is 1.11. The molecule has 1 rings (SSSR count). The van der Waals surface area contributed by atoms with E-state index in [4.69, 9.17) is 4.74 Å². The van der Waals surface area contributed by atoms with E-state index in [0.717, 1.165) is 19.2 Å². The van der Waals surface area contributed by atoms with E-state index in [1.165, 1.54) is 13.2 Å². The number of benzene rings is 1. The van der Waals surface area contributed by atoms with Crippen molar-refractivity contribution in [1.82, 2.24) is 0 Å². The van der Waals surface area contributed by atoms with Gasteiger partial charge < -0.3 is 9.47 Å². The third-order valence-corrected chi connectivity index (χ3v) is 2.58. The van der Waals surface area contributed by atoms with Gasteiger partial charge in [0.25, 0.3) is 0 Å². The fourth-order valence-corrected chi connectivity index (χ4v) is 1.65. The van der Waals surface area contributed by atoms with Crippen molar-refractivity contribution in [2.24, 2.45) is 0 Å². The first-order valence-electron chi connectivity index (χ1n) is 4.23. The summed E-state index contributed by atoms with van der Waals surface area (Å²) in [4.78, 5) is 10.9. The molecular formula is C10H9BrF2O3. The molecule has 0 aliphatic heterocycles. The van der Waals surface area contributed by atoms with Gasteiger partial charge in [0, 0.05) is 5.56 Å². The van der Waals surface area contributed by atoms with Crippen molar-refractivity contribution in [3.8, 4) is 5.75 Å². The van der Waals surface area contributed by atoms with E-state index in [9.17, 15) is 13.6 Å². The van der Waals surface area contributed by atoms with Gasteiger partial charge in [0.05, 0.1) is 18.7 Å². The van der Waals surface area contributed by atoms with E-state index >= 15 is 0 Å². The van der Waals surface area contributed by atoms with Gasteiger partial charge >= 0.3 is 11.9 Å². The number of hydrogen-bond donors (Lipinski definition) is 0. The SMILES string of the molecule is COC(=O)C(F)(F)c1ccc(OC)c(Br)c1. The lowest BCUT2D eigenvalue weighted by molar-refractivity contribution is -0.170. The second-order valence-electron chi connectivity index (χ2n) is 2.92. The van der Waals surface area contributed by atoms with Crippen molar-refractivity contribution in [1.29, 1.82) is 0 Å². The minimum absolute atomic E-state index is 0.344. The highest BCUT2D eigenvalue weighted by Gasteiger charge is 2.42. The van der Waals surface area contributed by atoms with E-state index in [-0.39, 0.29) is 0 Å². The molecule has 0 saturated carbocycles. The summed E-state index contributed by atoms with van der Waals surface area (Å²) in [5.74, 6) is -4.85. The first-order valence-corrected chi connectivity index (χ1v) is 5.03. The Bertz CT molecular complexity index is 407. The van der Waals surface area contributed by atoms with Crippen LogP contribution < -0.4 is 4.74 Å². The van der Waals surface area contributed by atoms with Gasteiger partial charge in [0.1, 0.15) is 5.75 Å². The molecule has 0 atom stereocenters. The molecule has 0 heterocycles. The largest absolute Gasteiger partial charge is 0.496 e. The lowest BCUT2D eigenvalue weighted by Crippen LogP contribution is -2.27. The highest BCUT2D eigenvalue weighted by molar-refractivity contribution is 9.10. The standard InChI is InChI=1S/C10H9BrF2O3/c1-15-8-4-3-6(5-7(8)11)10(12,13)9(14)16-2/h3-5H,1-2H3. The molecule has 1 aromatic carbocycles. The number of ether oxygens (including phenoxy) is 2. The summed E-state index contributed by atoms with van der Waals surface area (Å²) < 4.78 is 36.1. The lowest BCUT2D eigenvalue weighted by atomic mass is 10.1. The molecule has 6 heteroatoms. The van der Waals surface area contributed by atoms with Crippen molar-refractivity contribution in [2.45, 2.75) is 5.92 Å². The zero-order chi connectivity index (χ0) is 12.3. The average Bonchev–Trinajstić information content (AvgIpc) is 2.27. The molecule has 0 radical (unpaired) electrons. The van der Waals surface area contributed by atoms with Crippen molar-refractivity contribution >= 4 is 21.9 Å². The number of carbonyl (C=O) groups is 1. The van der Waals surface area contributed by atoms with Gasteiger partial charge in [-0.05, 0) is 34.1 Å². The third-order valence-electron chi connectivity index (χ3n) is 1.96. The van der Waals surface area contributed by atoms with E-state index in [2.05, 4.69) is 20.7 Å². The Morgan fingerprint density at radius 3 is 2.44 bits per heavy atom. The smallest absolute Gasteiger partial charge is 0.381 e. The summed E-state index contributed by atoms with van der Waals surface area (Å²) in [6, 6.07) is 3.58. The maximum Gasteiger partial charge on any atom is 0.381 e. The van der Waals surface area contributed by atoms with Gasteiger partial charge in [-0.25, -0.2) is 4.79 Å². The van der Waals surface area contributed by atoms with Crippen LogP contribution in [0.2, 0.25) is 0 Å². The van der Waals surface area contributed by atoms with Crippen LogP contribution in [-0.4, -0.2) is 20.2 Å². The fraction of sp³-hybridized carbons (Fsp3) is 0.300. The van der Waals surface area contributed by atoms with Crippen LogP contribution in [0.3, 0.4) is 0 Å². The third kappa shape index (κ3) is 2.32. The van der Waals surface area contributed by atoms with Gasteiger partial charge in [-0.2, -0.15) is 8.78 Å². The molecule has 88 valence electrons. The number of halogens is 3.